The van der Waals surface area contributed by atoms with Crippen molar-refractivity contribution in [3.63, 3.8) is 0 Å². The molecular weight excluding hydrogens is 368 g/mol. The van der Waals surface area contributed by atoms with E-state index >= 15 is 0 Å². The summed E-state index contributed by atoms with van der Waals surface area (Å²) in [5.41, 5.74) is 0. The first-order valence-electron chi connectivity index (χ1n) is 9.54. The molecular formula is C20H42O4S2. The Hall–Kier alpha value is -0.360. The highest BCUT2D eigenvalue weighted by Crippen LogP contribution is 1.98. The zero-order chi connectivity index (χ0) is 21.1. The highest BCUT2D eigenvalue weighted by atomic mass is 32.2. The molecule has 0 atom stereocenters. The number of hydrogen-bond donors (Lipinski definition) is 0. The molecule has 0 heterocycles. The van der Waals surface area contributed by atoms with E-state index in [1.165, 1.54) is 23.0 Å². The van der Waals surface area contributed by atoms with Crippen molar-refractivity contribution in [2.45, 2.75) is 68.2 Å². The fourth-order valence-corrected chi connectivity index (χ4v) is 3.75. The minimum Gasteiger partial charge on any atom is -0.550 e. The van der Waals surface area contributed by atoms with Crippen LogP contribution in [-0.2, 0) is 33.1 Å². The molecule has 0 N–H and O–H groups in total. The topological polar surface area (TPSA) is 80.3 Å². The summed E-state index contributed by atoms with van der Waals surface area (Å²) in [5.74, 6) is 6.28. The molecule has 0 saturated heterocycles. The van der Waals surface area contributed by atoms with E-state index < -0.39 is 24.8 Å². The minimum atomic E-state index is -1.37. The maximum atomic E-state index is 9.50. The van der Waals surface area contributed by atoms with Crippen molar-refractivity contribution in [1.29, 1.82) is 0 Å². The van der Waals surface area contributed by atoms with Crippen LogP contribution in [0, 0.1) is 23.7 Å². The Bertz CT molecular complexity index is 282. The van der Waals surface area contributed by atoms with E-state index in [0.29, 0.717) is 0 Å². The first-order chi connectivity index (χ1) is 11.9. The molecule has 0 rings (SSSR count). The van der Waals surface area contributed by atoms with Crippen molar-refractivity contribution in [3.05, 3.63) is 0 Å². The van der Waals surface area contributed by atoms with Crippen LogP contribution in [0.5, 0.6) is 0 Å². The van der Waals surface area contributed by atoms with Crippen LogP contribution in [0.25, 0.3) is 0 Å². The van der Waals surface area contributed by atoms with Crippen LogP contribution in [-0.4, -0.2) is 35.0 Å². The van der Waals surface area contributed by atoms with Gasteiger partial charge in [0.05, 0.1) is 0 Å². The molecule has 0 aliphatic carbocycles. The molecule has 0 aromatic heterocycles. The molecule has 0 bridgehead atoms. The van der Waals surface area contributed by atoms with Crippen LogP contribution >= 0.6 is 0 Å². The van der Waals surface area contributed by atoms with E-state index in [-0.39, 0.29) is 0 Å². The van der Waals surface area contributed by atoms with E-state index in [1.54, 1.807) is 23.5 Å². The average Bonchev–Trinajstić information content (AvgIpc) is 2.45. The number of carboxylic acid groups (broad SMARTS) is 2. The van der Waals surface area contributed by atoms with E-state index in [4.69, 9.17) is 0 Å². The van der Waals surface area contributed by atoms with Crippen LogP contribution in [0.3, 0.4) is 0 Å². The van der Waals surface area contributed by atoms with Crippen LogP contribution in [0.2, 0.25) is 0 Å². The lowest BCUT2D eigenvalue weighted by Crippen LogP contribution is -2.27. The SMILES string of the molecule is CC(C)C[SH+]CC(C)C.CC(C)C[SH+]CC(C)C.O=C([O-])CCC(=O)[O-]. The predicted octanol–water partition coefficient (Wildman–Crippen LogP) is 1.49. The van der Waals surface area contributed by atoms with Gasteiger partial charge in [0.2, 0.25) is 0 Å². The fourth-order valence-electron chi connectivity index (χ4n) is 1.39. The highest BCUT2D eigenvalue weighted by Gasteiger charge is 2.04. The lowest BCUT2D eigenvalue weighted by atomic mass is 10.3. The third-order valence-electron chi connectivity index (χ3n) is 2.51. The summed E-state index contributed by atoms with van der Waals surface area (Å²) in [6, 6.07) is 0. The maximum absolute atomic E-state index is 9.50. The predicted molar refractivity (Wildman–Crippen MR) is 116 cm³/mol. The van der Waals surface area contributed by atoms with Gasteiger partial charge in [0.15, 0.2) is 0 Å². The molecule has 0 fully saturated rings. The number of carbonyl (C=O) groups is 2. The van der Waals surface area contributed by atoms with Gasteiger partial charge in [-0.2, -0.15) is 0 Å². The summed E-state index contributed by atoms with van der Waals surface area (Å²) in [4.78, 5) is 19.0. The van der Waals surface area contributed by atoms with Crippen LogP contribution < -0.4 is 10.2 Å². The van der Waals surface area contributed by atoms with Gasteiger partial charge in [-0.25, -0.2) is 0 Å². The normalized spacial score (nSPS) is 10.5. The molecule has 0 aromatic rings. The van der Waals surface area contributed by atoms with Gasteiger partial charge in [-0.05, 0) is 60.0 Å². The average molecular weight is 411 g/mol. The van der Waals surface area contributed by atoms with E-state index in [9.17, 15) is 19.8 Å². The minimum absolute atomic E-state index is 0.470. The first-order valence-corrected chi connectivity index (χ1v) is 12.1. The Morgan fingerprint density at radius 3 is 0.885 bits per heavy atom. The van der Waals surface area contributed by atoms with Crippen molar-refractivity contribution in [2.75, 3.05) is 23.0 Å². The lowest BCUT2D eigenvalue weighted by molar-refractivity contribution is -0.315. The second kappa shape index (κ2) is 20.9. The van der Waals surface area contributed by atoms with Gasteiger partial charge in [-0.3, -0.25) is 0 Å². The van der Waals surface area contributed by atoms with Crippen molar-refractivity contribution in [3.8, 4) is 0 Å². The second-order valence-corrected chi connectivity index (χ2v) is 10.4. The standard InChI is InChI=1S/2C8H18S.C4H6O4/c2*1-7(2)5-9-6-8(3)4;5-3(6)1-2-4(7)8/h2*7-8H,5-6H2,1-4H3;1-2H2,(H,5,6)(H,7,8). The molecule has 0 spiro atoms. The van der Waals surface area contributed by atoms with Crippen LogP contribution in [0.4, 0.5) is 0 Å². The molecule has 4 nitrogen and oxygen atoms in total. The highest BCUT2D eigenvalue weighted by molar-refractivity contribution is 7.78. The molecule has 0 aliphatic heterocycles. The summed E-state index contributed by atoms with van der Waals surface area (Å²) in [7, 11) is 0. The van der Waals surface area contributed by atoms with E-state index in [2.05, 4.69) is 55.4 Å². The first kappa shape index (κ1) is 30.4. The van der Waals surface area contributed by atoms with Gasteiger partial charge in [0.25, 0.3) is 0 Å². The third-order valence-corrected chi connectivity index (χ3v) is 6.46. The molecule has 6 heteroatoms. The van der Waals surface area contributed by atoms with Crippen LogP contribution in [0.1, 0.15) is 68.2 Å². The molecule has 0 radical (unpaired) electrons. The molecule has 0 amide bonds. The van der Waals surface area contributed by atoms with Gasteiger partial charge < -0.3 is 19.8 Å². The van der Waals surface area contributed by atoms with Crippen molar-refractivity contribution >= 4 is 35.5 Å². The summed E-state index contributed by atoms with van der Waals surface area (Å²) in [5, 5.41) is 19.0. The molecule has 0 saturated carbocycles. The van der Waals surface area contributed by atoms with Gasteiger partial charge in [0.1, 0.15) is 23.0 Å². The quantitative estimate of drug-likeness (QED) is 0.382. The maximum Gasteiger partial charge on any atom is 0.108 e. The zero-order valence-corrected chi connectivity index (χ0v) is 19.9. The Balaban J connectivity index is -0.000000306. The number of hydrogen-bond acceptors (Lipinski definition) is 4. The summed E-state index contributed by atoms with van der Waals surface area (Å²) < 4.78 is 0. The van der Waals surface area contributed by atoms with Crippen LogP contribution in [0.15, 0.2) is 0 Å². The van der Waals surface area contributed by atoms with Crippen molar-refractivity contribution in [1.82, 2.24) is 0 Å². The van der Waals surface area contributed by atoms with Gasteiger partial charge >= 0.3 is 0 Å². The van der Waals surface area contributed by atoms with Gasteiger partial charge in [0, 0.05) is 11.9 Å². The van der Waals surface area contributed by atoms with Crippen molar-refractivity contribution < 1.29 is 19.8 Å². The molecule has 26 heavy (non-hydrogen) atoms. The summed E-state index contributed by atoms with van der Waals surface area (Å²) in [6.45, 7) is 18.3. The number of carboxylic acids is 2. The van der Waals surface area contributed by atoms with Crippen molar-refractivity contribution in [2.24, 2.45) is 23.7 Å². The van der Waals surface area contributed by atoms with E-state index in [1.807, 2.05) is 0 Å². The monoisotopic (exact) mass is 410 g/mol. The Morgan fingerprint density at radius 2 is 0.769 bits per heavy atom. The number of rotatable bonds is 11. The summed E-state index contributed by atoms with van der Waals surface area (Å²) >= 11 is 3.26. The summed E-state index contributed by atoms with van der Waals surface area (Å²) in [6.07, 6.45) is -0.940. The molecule has 0 aliphatic rings. The smallest absolute Gasteiger partial charge is 0.108 e. The van der Waals surface area contributed by atoms with E-state index in [0.717, 1.165) is 23.7 Å². The fraction of sp³-hybridized carbons (Fsp3) is 0.900. The Kier molecular flexibility index (Phi) is 24.5. The lowest BCUT2D eigenvalue weighted by Gasteiger charge is -2.00. The molecule has 0 aromatic carbocycles. The Morgan fingerprint density at radius 1 is 0.577 bits per heavy atom. The largest absolute Gasteiger partial charge is 0.550 e. The molecule has 158 valence electrons. The number of thiol groups is 2. The molecule has 0 unspecified atom stereocenters. The Labute approximate surface area is 170 Å². The zero-order valence-electron chi connectivity index (χ0n) is 18.1. The third kappa shape index (κ3) is 43.8. The van der Waals surface area contributed by atoms with Gasteiger partial charge in [-0.15, -0.1) is 0 Å². The number of carbonyl (C=O) groups excluding carboxylic acids is 2. The number of aliphatic carboxylic acids is 2. The van der Waals surface area contributed by atoms with Gasteiger partial charge in [-0.1, -0.05) is 55.4 Å². The second-order valence-electron chi connectivity index (χ2n) is 8.00.